The molecule has 2 amide bonds. The number of carbonyl (C=O) groups is 2. The highest BCUT2D eigenvalue weighted by Gasteiger charge is 2.29. The van der Waals surface area contributed by atoms with E-state index < -0.39 is 0 Å². The van der Waals surface area contributed by atoms with Crippen LogP contribution in [0.2, 0.25) is 0 Å². The lowest BCUT2D eigenvalue weighted by atomic mass is 9.95. The lowest BCUT2D eigenvalue weighted by Crippen LogP contribution is -2.45. The van der Waals surface area contributed by atoms with E-state index in [1.54, 1.807) is 11.1 Å². The predicted molar refractivity (Wildman–Crippen MR) is 126 cm³/mol. The van der Waals surface area contributed by atoms with Gasteiger partial charge in [0.25, 0.3) is 5.91 Å². The minimum Gasteiger partial charge on any atom is -0.484 e. The molecule has 33 heavy (non-hydrogen) atoms. The number of benzene rings is 2. The van der Waals surface area contributed by atoms with Crippen LogP contribution in [-0.4, -0.2) is 46.4 Å². The fourth-order valence-electron chi connectivity index (χ4n) is 4.08. The molecule has 1 atom stereocenters. The van der Waals surface area contributed by atoms with Crippen LogP contribution in [0.25, 0.3) is 11.3 Å². The molecular weight excluding hydrogens is 416 g/mol. The first-order valence-corrected chi connectivity index (χ1v) is 11.5. The first-order chi connectivity index (χ1) is 16.1. The molecule has 1 aromatic heterocycles. The number of nitrogens with zero attached hydrogens (tertiary/aromatic N) is 2. The Balaban J connectivity index is 1.27. The highest BCUT2D eigenvalue weighted by atomic mass is 16.5. The van der Waals surface area contributed by atoms with Crippen LogP contribution in [0.3, 0.4) is 0 Å². The molecule has 172 valence electrons. The zero-order valence-corrected chi connectivity index (χ0v) is 18.9. The van der Waals surface area contributed by atoms with Crippen molar-refractivity contribution in [1.29, 1.82) is 0 Å². The summed E-state index contributed by atoms with van der Waals surface area (Å²) in [7, 11) is 0. The Morgan fingerprint density at radius 2 is 1.76 bits per heavy atom. The van der Waals surface area contributed by atoms with Crippen molar-refractivity contribution in [3.8, 4) is 17.0 Å². The maximum atomic E-state index is 12.9. The molecule has 0 spiro atoms. The number of amides is 2. The fourth-order valence-corrected chi connectivity index (χ4v) is 4.08. The summed E-state index contributed by atoms with van der Waals surface area (Å²) >= 11 is 0. The number of hydrogen-bond donors (Lipinski definition) is 2. The van der Waals surface area contributed by atoms with E-state index in [0.717, 1.165) is 23.5 Å². The van der Waals surface area contributed by atoms with Crippen molar-refractivity contribution < 1.29 is 14.3 Å². The number of carbonyl (C=O) groups excluding carboxylic acids is 2. The molecule has 1 fully saturated rings. The van der Waals surface area contributed by atoms with E-state index in [0.29, 0.717) is 31.7 Å². The van der Waals surface area contributed by atoms with Gasteiger partial charge in [0, 0.05) is 19.0 Å². The second-order valence-electron chi connectivity index (χ2n) is 8.27. The molecule has 2 N–H and O–H groups in total. The third kappa shape index (κ3) is 5.80. The van der Waals surface area contributed by atoms with Crippen molar-refractivity contribution >= 4 is 11.8 Å². The van der Waals surface area contributed by atoms with Gasteiger partial charge in [0.05, 0.1) is 17.9 Å². The maximum absolute atomic E-state index is 12.9. The Labute approximate surface area is 194 Å². The smallest absolute Gasteiger partial charge is 0.260 e. The molecule has 2 heterocycles. The first-order valence-electron chi connectivity index (χ1n) is 11.5. The second-order valence-corrected chi connectivity index (χ2v) is 8.27. The number of piperidine rings is 1. The van der Waals surface area contributed by atoms with Gasteiger partial charge >= 0.3 is 0 Å². The highest BCUT2D eigenvalue weighted by Crippen LogP contribution is 2.23. The molecule has 4 rings (SSSR count). The average molecular weight is 447 g/mol. The highest BCUT2D eigenvalue weighted by molar-refractivity contribution is 5.81. The summed E-state index contributed by atoms with van der Waals surface area (Å²) in [6.45, 7) is 3.17. The molecule has 1 unspecified atom stereocenters. The van der Waals surface area contributed by atoms with Crippen molar-refractivity contribution in [2.75, 3.05) is 19.7 Å². The van der Waals surface area contributed by atoms with Crippen LogP contribution in [-0.2, 0) is 9.59 Å². The number of aromatic nitrogens is 2. The number of aromatic amines is 1. The van der Waals surface area contributed by atoms with Crippen LogP contribution in [0.4, 0.5) is 0 Å². The van der Waals surface area contributed by atoms with E-state index in [1.165, 1.54) is 0 Å². The summed E-state index contributed by atoms with van der Waals surface area (Å²) in [5, 5.41) is 3.15. The zero-order valence-electron chi connectivity index (χ0n) is 18.9. The van der Waals surface area contributed by atoms with Crippen LogP contribution in [0.5, 0.6) is 5.75 Å². The van der Waals surface area contributed by atoms with Crippen molar-refractivity contribution in [3.05, 3.63) is 72.7 Å². The number of nitrogens with one attached hydrogen (secondary N) is 2. The third-order valence-electron chi connectivity index (χ3n) is 6.06. The number of rotatable bonds is 8. The van der Waals surface area contributed by atoms with E-state index in [2.05, 4.69) is 15.3 Å². The molecule has 3 aromatic rings. The normalized spacial score (nSPS) is 15.1. The van der Waals surface area contributed by atoms with Gasteiger partial charge in [-0.25, -0.2) is 4.98 Å². The monoisotopic (exact) mass is 446 g/mol. The molecule has 2 aromatic carbocycles. The molecule has 0 aliphatic carbocycles. The van der Waals surface area contributed by atoms with Gasteiger partial charge in [-0.1, -0.05) is 55.5 Å². The summed E-state index contributed by atoms with van der Waals surface area (Å²) in [6, 6.07) is 19.1. The number of para-hydroxylation sites is 1. The number of hydrogen-bond acceptors (Lipinski definition) is 4. The molecule has 1 saturated heterocycles. The topological polar surface area (TPSA) is 87.3 Å². The summed E-state index contributed by atoms with van der Waals surface area (Å²) < 4.78 is 5.56. The van der Waals surface area contributed by atoms with E-state index >= 15 is 0 Å². The van der Waals surface area contributed by atoms with Gasteiger partial charge in [0.1, 0.15) is 11.6 Å². The van der Waals surface area contributed by atoms with E-state index in [1.807, 2.05) is 67.6 Å². The minimum atomic E-state index is -0.172. The van der Waals surface area contributed by atoms with Gasteiger partial charge in [0.15, 0.2) is 6.61 Å². The quantitative estimate of drug-likeness (QED) is 0.548. The summed E-state index contributed by atoms with van der Waals surface area (Å²) in [5.74, 6) is 1.30. The Bertz CT molecular complexity index is 1040. The van der Waals surface area contributed by atoms with Crippen molar-refractivity contribution in [1.82, 2.24) is 20.2 Å². The van der Waals surface area contributed by atoms with Crippen LogP contribution in [0.1, 0.15) is 38.1 Å². The average Bonchev–Trinajstić information content (AvgIpc) is 3.37. The van der Waals surface area contributed by atoms with Crippen molar-refractivity contribution in [3.63, 3.8) is 0 Å². The number of likely N-dealkylation sites (tertiary alicyclic amines) is 1. The summed E-state index contributed by atoms with van der Waals surface area (Å²) in [6.07, 6.45) is 3.84. The van der Waals surface area contributed by atoms with Gasteiger partial charge in [-0.2, -0.15) is 0 Å². The number of H-pyrrole nitrogens is 1. The minimum absolute atomic E-state index is 0.0149. The lowest BCUT2D eigenvalue weighted by Gasteiger charge is -2.32. The molecular formula is C26H30N4O3. The van der Waals surface area contributed by atoms with Crippen LogP contribution in [0, 0.1) is 5.92 Å². The Kier molecular flexibility index (Phi) is 7.40. The lowest BCUT2D eigenvalue weighted by molar-refractivity contribution is -0.137. The summed E-state index contributed by atoms with van der Waals surface area (Å²) in [5.41, 5.74) is 1.99. The Hall–Kier alpha value is -3.61. The summed E-state index contributed by atoms with van der Waals surface area (Å²) in [4.78, 5) is 35.0. The van der Waals surface area contributed by atoms with Gasteiger partial charge in [-0.15, -0.1) is 0 Å². The van der Waals surface area contributed by atoms with Crippen LogP contribution < -0.4 is 10.1 Å². The molecule has 0 bridgehead atoms. The van der Waals surface area contributed by atoms with E-state index in [9.17, 15) is 9.59 Å². The Morgan fingerprint density at radius 3 is 2.42 bits per heavy atom. The van der Waals surface area contributed by atoms with Crippen molar-refractivity contribution in [2.45, 2.75) is 32.2 Å². The zero-order chi connectivity index (χ0) is 23.0. The number of imidazole rings is 1. The number of ether oxygens (including phenoxy) is 1. The maximum Gasteiger partial charge on any atom is 0.260 e. The fraction of sp³-hybridized carbons (Fsp3) is 0.346. The van der Waals surface area contributed by atoms with Gasteiger partial charge in [-0.3, -0.25) is 9.59 Å². The molecule has 1 aliphatic heterocycles. The third-order valence-corrected chi connectivity index (χ3v) is 6.06. The SMILES string of the molecule is CCC(NC(=O)C1CCN(C(=O)COc2ccccc2)CC1)c1ncc(-c2ccccc2)[nH]1. The van der Waals surface area contributed by atoms with Gasteiger partial charge in [-0.05, 0) is 37.0 Å². The predicted octanol–water partition coefficient (Wildman–Crippen LogP) is 3.96. The van der Waals surface area contributed by atoms with Crippen LogP contribution >= 0.6 is 0 Å². The van der Waals surface area contributed by atoms with E-state index in [-0.39, 0.29) is 30.4 Å². The first kappa shape index (κ1) is 22.6. The Morgan fingerprint density at radius 1 is 1.09 bits per heavy atom. The molecule has 7 nitrogen and oxygen atoms in total. The largest absolute Gasteiger partial charge is 0.484 e. The molecule has 0 radical (unpaired) electrons. The molecule has 0 saturated carbocycles. The van der Waals surface area contributed by atoms with Crippen molar-refractivity contribution in [2.24, 2.45) is 5.92 Å². The standard InChI is InChI=1S/C26H30N4O3/c1-2-22(25-27-17-23(28-25)19-9-5-3-6-10-19)29-26(32)20-13-15-30(16-14-20)24(31)18-33-21-11-7-4-8-12-21/h3-12,17,20,22H,2,13-16,18H2,1H3,(H,27,28)(H,29,32). The van der Waals surface area contributed by atoms with Gasteiger partial charge < -0.3 is 19.9 Å². The molecule has 7 heteroatoms. The van der Waals surface area contributed by atoms with E-state index in [4.69, 9.17) is 4.74 Å². The van der Waals surface area contributed by atoms with Crippen LogP contribution in [0.15, 0.2) is 66.9 Å². The van der Waals surface area contributed by atoms with Gasteiger partial charge in [0.2, 0.25) is 5.91 Å². The second kappa shape index (κ2) is 10.8. The molecule has 1 aliphatic rings.